The maximum Gasteiger partial charge on any atom is 0.167 e. The number of nitrogens with zero attached hydrogens (tertiary/aromatic N) is 1. The molecular weight excluding hydrogens is 389 g/mol. The van der Waals surface area contributed by atoms with E-state index in [1.54, 1.807) is 43.5 Å². The monoisotopic (exact) mass is 407 g/mol. The van der Waals surface area contributed by atoms with Crippen molar-refractivity contribution in [3.05, 3.63) is 59.7 Å². The van der Waals surface area contributed by atoms with Crippen LogP contribution in [0.2, 0.25) is 0 Å². The lowest BCUT2D eigenvalue weighted by molar-refractivity contribution is 0.413. The lowest BCUT2D eigenvalue weighted by Crippen LogP contribution is -2.11. The third-order valence-corrected chi connectivity index (χ3v) is 3.78. The van der Waals surface area contributed by atoms with Crippen LogP contribution >= 0.6 is 24.8 Å². The van der Waals surface area contributed by atoms with Crippen molar-refractivity contribution in [1.82, 2.24) is 5.16 Å². The number of nitrogen functional groups attached to an aromatic ring is 2. The lowest BCUT2D eigenvalue weighted by atomic mass is 10.0. The van der Waals surface area contributed by atoms with Gasteiger partial charge in [-0.2, -0.15) is 0 Å². The number of aromatic nitrogens is 1. The quantitative estimate of drug-likeness (QED) is 0.379. The van der Waals surface area contributed by atoms with Crippen LogP contribution in [0, 0.1) is 10.8 Å². The SMILES string of the molecule is COc1cc(C(=N)N)ccc1-c1cc(-c2ccc(C(=N)N)cc2)on1.Cl.Cl. The fourth-order valence-corrected chi connectivity index (χ4v) is 2.42. The lowest BCUT2D eigenvalue weighted by Gasteiger charge is -2.07. The highest BCUT2D eigenvalue weighted by Crippen LogP contribution is 2.33. The van der Waals surface area contributed by atoms with E-state index in [1.807, 2.05) is 12.1 Å². The zero-order chi connectivity index (χ0) is 18.0. The Balaban J connectivity index is 0.00000182. The molecule has 0 unspecified atom stereocenters. The minimum Gasteiger partial charge on any atom is -0.496 e. The van der Waals surface area contributed by atoms with Gasteiger partial charge < -0.3 is 20.7 Å². The van der Waals surface area contributed by atoms with Crippen LogP contribution in [0.25, 0.3) is 22.6 Å². The molecule has 0 aliphatic carbocycles. The third kappa shape index (κ3) is 4.58. The van der Waals surface area contributed by atoms with Gasteiger partial charge in [0.05, 0.1) is 7.11 Å². The molecule has 0 fully saturated rings. The van der Waals surface area contributed by atoms with Crippen LogP contribution in [0.15, 0.2) is 53.1 Å². The van der Waals surface area contributed by atoms with E-state index in [0.717, 1.165) is 11.1 Å². The second-order valence-corrected chi connectivity index (χ2v) is 5.40. The molecule has 0 saturated heterocycles. The Morgan fingerprint density at radius 1 is 0.926 bits per heavy atom. The summed E-state index contributed by atoms with van der Waals surface area (Å²) in [5.41, 5.74) is 14.4. The number of hydrogen-bond acceptors (Lipinski definition) is 5. The predicted molar refractivity (Wildman–Crippen MR) is 110 cm³/mol. The minimum absolute atomic E-state index is 0. The standard InChI is InChI=1S/C18H17N5O2.2ClH/c1-24-16-8-12(18(21)22)6-7-13(16)14-9-15(25-23-14)10-2-4-11(5-3-10)17(19)20;;/h2-9H,1H3,(H3,19,20)(H3,21,22);2*1H. The average Bonchev–Trinajstić information content (AvgIpc) is 3.11. The van der Waals surface area contributed by atoms with Gasteiger partial charge >= 0.3 is 0 Å². The number of nitrogens with one attached hydrogen (secondary N) is 2. The van der Waals surface area contributed by atoms with Gasteiger partial charge in [0.1, 0.15) is 23.1 Å². The van der Waals surface area contributed by atoms with Gasteiger partial charge in [-0.3, -0.25) is 10.8 Å². The third-order valence-electron chi connectivity index (χ3n) is 3.78. The van der Waals surface area contributed by atoms with Gasteiger partial charge in [0.25, 0.3) is 0 Å². The van der Waals surface area contributed by atoms with Crippen molar-refractivity contribution >= 4 is 36.5 Å². The van der Waals surface area contributed by atoms with E-state index in [2.05, 4.69) is 5.16 Å². The molecule has 0 aliphatic heterocycles. The van der Waals surface area contributed by atoms with Gasteiger partial charge in [-0.1, -0.05) is 35.5 Å². The minimum atomic E-state index is -0.0312. The van der Waals surface area contributed by atoms with Gasteiger partial charge in [0.15, 0.2) is 5.76 Å². The summed E-state index contributed by atoms with van der Waals surface area (Å²) in [6.07, 6.45) is 0. The molecule has 0 amide bonds. The number of halogens is 2. The fraction of sp³-hybridized carbons (Fsp3) is 0.0556. The molecular formula is C18H19Cl2N5O2. The summed E-state index contributed by atoms with van der Waals surface area (Å²) in [5.74, 6) is 1.12. The number of rotatable bonds is 5. The van der Waals surface area contributed by atoms with Crippen molar-refractivity contribution in [2.45, 2.75) is 0 Å². The van der Waals surface area contributed by atoms with Crippen LogP contribution in [-0.2, 0) is 0 Å². The van der Waals surface area contributed by atoms with E-state index < -0.39 is 0 Å². The first-order chi connectivity index (χ1) is 12.0. The normalized spacial score (nSPS) is 9.67. The number of amidine groups is 2. The van der Waals surface area contributed by atoms with Crippen LogP contribution in [0.1, 0.15) is 11.1 Å². The molecule has 6 N–H and O–H groups in total. The van der Waals surface area contributed by atoms with Gasteiger partial charge in [-0.15, -0.1) is 24.8 Å². The maximum atomic E-state index is 7.51. The predicted octanol–water partition coefficient (Wildman–Crippen LogP) is 3.43. The Morgan fingerprint density at radius 2 is 1.52 bits per heavy atom. The highest BCUT2D eigenvalue weighted by molar-refractivity contribution is 5.96. The molecule has 0 aliphatic rings. The van der Waals surface area contributed by atoms with E-state index in [-0.39, 0.29) is 36.5 Å². The number of ether oxygens (including phenoxy) is 1. The molecule has 0 bridgehead atoms. The Kier molecular flexibility index (Phi) is 7.39. The molecule has 9 heteroatoms. The molecule has 3 aromatic rings. The Labute approximate surface area is 168 Å². The molecule has 2 aromatic carbocycles. The first-order valence-electron chi connectivity index (χ1n) is 7.44. The van der Waals surface area contributed by atoms with Gasteiger partial charge in [-0.25, -0.2) is 0 Å². The Bertz CT molecular complexity index is 955. The summed E-state index contributed by atoms with van der Waals surface area (Å²) in [6, 6.07) is 14.1. The molecule has 1 heterocycles. The van der Waals surface area contributed by atoms with E-state index in [9.17, 15) is 0 Å². The van der Waals surface area contributed by atoms with Crippen molar-refractivity contribution in [2.24, 2.45) is 11.5 Å². The average molecular weight is 408 g/mol. The summed E-state index contributed by atoms with van der Waals surface area (Å²) in [5, 5.41) is 19.0. The van der Waals surface area contributed by atoms with E-state index in [4.69, 9.17) is 31.5 Å². The molecule has 0 atom stereocenters. The second kappa shape index (κ2) is 9.07. The highest BCUT2D eigenvalue weighted by atomic mass is 35.5. The Morgan fingerprint density at radius 3 is 2.07 bits per heavy atom. The van der Waals surface area contributed by atoms with Crippen LogP contribution in [-0.4, -0.2) is 23.9 Å². The summed E-state index contributed by atoms with van der Waals surface area (Å²) in [6.45, 7) is 0. The highest BCUT2D eigenvalue weighted by Gasteiger charge is 2.14. The first-order valence-corrected chi connectivity index (χ1v) is 7.44. The summed E-state index contributed by atoms with van der Waals surface area (Å²) in [4.78, 5) is 0. The molecule has 0 radical (unpaired) electrons. The van der Waals surface area contributed by atoms with Gasteiger partial charge in [0.2, 0.25) is 0 Å². The van der Waals surface area contributed by atoms with Crippen LogP contribution in [0.5, 0.6) is 5.75 Å². The smallest absolute Gasteiger partial charge is 0.167 e. The van der Waals surface area contributed by atoms with E-state index >= 15 is 0 Å². The summed E-state index contributed by atoms with van der Waals surface area (Å²) in [7, 11) is 1.55. The topological polar surface area (TPSA) is 135 Å². The van der Waals surface area contributed by atoms with E-state index in [1.165, 1.54) is 0 Å². The summed E-state index contributed by atoms with van der Waals surface area (Å²) < 4.78 is 10.8. The number of nitrogens with two attached hydrogens (primary N) is 2. The first kappa shape index (κ1) is 22.0. The number of hydrogen-bond donors (Lipinski definition) is 4. The number of benzene rings is 2. The number of methoxy groups -OCH3 is 1. The van der Waals surface area contributed by atoms with Gasteiger partial charge in [-0.05, 0) is 12.1 Å². The van der Waals surface area contributed by atoms with Crippen LogP contribution in [0.3, 0.4) is 0 Å². The van der Waals surface area contributed by atoms with Crippen molar-refractivity contribution in [2.75, 3.05) is 7.11 Å². The Hall–Kier alpha value is -3.03. The van der Waals surface area contributed by atoms with Crippen molar-refractivity contribution in [3.63, 3.8) is 0 Å². The molecule has 27 heavy (non-hydrogen) atoms. The molecule has 7 nitrogen and oxygen atoms in total. The zero-order valence-corrected chi connectivity index (χ0v) is 16.0. The second-order valence-electron chi connectivity index (χ2n) is 5.40. The maximum absolute atomic E-state index is 7.51. The van der Waals surface area contributed by atoms with Crippen molar-refractivity contribution in [3.8, 4) is 28.3 Å². The zero-order valence-electron chi connectivity index (χ0n) is 14.4. The van der Waals surface area contributed by atoms with Crippen LogP contribution in [0.4, 0.5) is 0 Å². The molecule has 142 valence electrons. The van der Waals surface area contributed by atoms with E-state index in [0.29, 0.717) is 28.3 Å². The molecule has 0 spiro atoms. The fourth-order valence-electron chi connectivity index (χ4n) is 2.42. The van der Waals surface area contributed by atoms with Crippen molar-refractivity contribution < 1.29 is 9.26 Å². The molecule has 0 saturated carbocycles. The molecule has 1 aromatic heterocycles. The molecule has 3 rings (SSSR count). The van der Waals surface area contributed by atoms with Gasteiger partial charge in [0, 0.05) is 28.3 Å². The van der Waals surface area contributed by atoms with Crippen LogP contribution < -0.4 is 16.2 Å². The van der Waals surface area contributed by atoms with Crippen molar-refractivity contribution in [1.29, 1.82) is 10.8 Å². The summed E-state index contributed by atoms with van der Waals surface area (Å²) >= 11 is 0. The largest absolute Gasteiger partial charge is 0.496 e.